The lowest BCUT2D eigenvalue weighted by Crippen LogP contribution is -2.28. The van der Waals surface area contributed by atoms with Crippen LogP contribution in [0.1, 0.15) is 28.7 Å². The van der Waals surface area contributed by atoms with Gasteiger partial charge in [-0.05, 0) is 68.1 Å². The summed E-state index contributed by atoms with van der Waals surface area (Å²) in [6.07, 6.45) is 0.0822. The molecule has 1 heterocycles. The second-order valence-electron chi connectivity index (χ2n) is 7.77. The van der Waals surface area contributed by atoms with Crippen molar-refractivity contribution in [2.75, 3.05) is 23.4 Å². The lowest BCUT2D eigenvalue weighted by molar-refractivity contribution is -0.151. The van der Waals surface area contributed by atoms with Crippen LogP contribution in [0.15, 0.2) is 34.8 Å². The van der Waals surface area contributed by atoms with Crippen molar-refractivity contribution in [2.24, 2.45) is 5.92 Å². The molecule has 0 bridgehead atoms. The molecule has 0 aliphatic carbocycles. The van der Waals surface area contributed by atoms with Gasteiger partial charge in [-0.1, -0.05) is 28.1 Å². The van der Waals surface area contributed by atoms with Gasteiger partial charge in [-0.2, -0.15) is 0 Å². The number of rotatable bonds is 5. The molecule has 1 atom stereocenters. The number of benzene rings is 2. The quantitative estimate of drug-likeness (QED) is 0.660. The third kappa shape index (κ3) is 4.90. The molecule has 158 valence electrons. The van der Waals surface area contributed by atoms with Crippen molar-refractivity contribution >= 4 is 45.1 Å². The van der Waals surface area contributed by atoms with E-state index in [-0.39, 0.29) is 25.5 Å². The first kappa shape index (κ1) is 22.0. The van der Waals surface area contributed by atoms with Crippen LogP contribution in [0.25, 0.3) is 0 Å². The molecule has 0 unspecified atom stereocenters. The zero-order valence-electron chi connectivity index (χ0n) is 17.5. The van der Waals surface area contributed by atoms with Crippen molar-refractivity contribution in [1.29, 1.82) is 0 Å². The number of hydrogen-bond acceptors (Lipinski definition) is 4. The molecule has 7 heteroatoms. The maximum Gasteiger partial charge on any atom is 0.311 e. The predicted octanol–water partition coefficient (Wildman–Crippen LogP) is 4.22. The van der Waals surface area contributed by atoms with Gasteiger partial charge < -0.3 is 15.0 Å². The Hall–Kier alpha value is -2.67. The number of halogens is 1. The van der Waals surface area contributed by atoms with E-state index in [0.717, 1.165) is 32.4 Å². The first-order chi connectivity index (χ1) is 14.2. The van der Waals surface area contributed by atoms with E-state index in [9.17, 15) is 14.4 Å². The zero-order chi connectivity index (χ0) is 22.0. The first-order valence-electron chi connectivity index (χ1n) is 9.76. The van der Waals surface area contributed by atoms with Crippen molar-refractivity contribution in [2.45, 2.75) is 34.1 Å². The van der Waals surface area contributed by atoms with Crippen molar-refractivity contribution in [3.05, 3.63) is 57.1 Å². The molecule has 0 radical (unpaired) electrons. The van der Waals surface area contributed by atoms with Gasteiger partial charge in [0.25, 0.3) is 5.91 Å². The molecule has 6 nitrogen and oxygen atoms in total. The number of carbonyl (C=O) groups is 3. The Balaban J connectivity index is 1.58. The minimum atomic E-state index is -0.582. The smallest absolute Gasteiger partial charge is 0.311 e. The molecule has 0 spiro atoms. The Morgan fingerprint density at radius 3 is 2.57 bits per heavy atom. The number of aryl methyl sites for hydroxylation is 4. The van der Waals surface area contributed by atoms with Crippen molar-refractivity contribution in [1.82, 2.24) is 0 Å². The van der Waals surface area contributed by atoms with E-state index in [1.807, 2.05) is 58.0 Å². The minimum Gasteiger partial charge on any atom is -0.455 e. The van der Waals surface area contributed by atoms with Crippen LogP contribution < -0.4 is 10.2 Å². The Bertz CT molecular complexity index is 1020. The monoisotopic (exact) mass is 472 g/mol. The fraction of sp³-hybridized carbons (Fsp3) is 0.348. The first-order valence-corrected chi connectivity index (χ1v) is 10.6. The molecule has 0 aromatic heterocycles. The van der Waals surface area contributed by atoms with E-state index in [1.54, 1.807) is 4.90 Å². The molecule has 1 aliphatic heterocycles. The van der Waals surface area contributed by atoms with E-state index in [2.05, 4.69) is 21.2 Å². The maximum atomic E-state index is 12.5. The Morgan fingerprint density at radius 1 is 1.10 bits per heavy atom. The number of nitrogens with zero attached hydrogens (tertiary/aromatic N) is 1. The molecule has 2 aromatic carbocycles. The highest BCUT2D eigenvalue weighted by atomic mass is 79.9. The molecule has 0 saturated carbocycles. The van der Waals surface area contributed by atoms with Crippen LogP contribution in [0, 0.1) is 33.6 Å². The summed E-state index contributed by atoms with van der Waals surface area (Å²) in [5.41, 5.74) is 5.40. The van der Waals surface area contributed by atoms with Crippen LogP contribution in [0.3, 0.4) is 0 Å². The van der Waals surface area contributed by atoms with Crippen LogP contribution in [0.4, 0.5) is 11.4 Å². The summed E-state index contributed by atoms with van der Waals surface area (Å²) in [7, 11) is 0. The summed E-state index contributed by atoms with van der Waals surface area (Å²) in [5, 5.41) is 2.77. The van der Waals surface area contributed by atoms with Crippen molar-refractivity contribution < 1.29 is 19.1 Å². The van der Waals surface area contributed by atoms with E-state index >= 15 is 0 Å². The van der Waals surface area contributed by atoms with E-state index in [4.69, 9.17) is 4.74 Å². The summed E-state index contributed by atoms with van der Waals surface area (Å²) in [6.45, 7) is 7.58. The number of hydrogen-bond donors (Lipinski definition) is 1. The van der Waals surface area contributed by atoms with Crippen LogP contribution in [0.2, 0.25) is 0 Å². The second kappa shape index (κ2) is 9.00. The van der Waals surface area contributed by atoms with E-state index in [1.165, 1.54) is 0 Å². The van der Waals surface area contributed by atoms with Gasteiger partial charge in [0.15, 0.2) is 6.61 Å². The molecule has 2 amide bonds. The number of anilines is 2. The summed E-state index contributed by atoms with van der Waals surface area (Å²) in [6, 6.07) is 9.66. The van der Waals surface area contributed by atoms with Gasteiger partial charge >= 0.3 is 5.97 Å². The average Bonchev–Trinajstić information content (AvgIpc) is 3.07. The lowest BCUT2D eigenvalue weighted by atomic mass is 10.1. The fourth-order valence-electron chi connectivity index (χ4n) is 3.46. The number of esters is 1. The Morgan fingerprint density at radius 2 is 1.83 bits per heavy atom. The third-order valence-corrected chi connectivity index (χ3v) is 6.09. The molecule has 1 saturated heterocycles. The maximum absolute atomic E-state index is 12.5. The highest BCUT2D eigenvalue weighted by molar-refractivity contribution is 9.10. The SMILES string of the molecule is Cc1ccc(C)c(N2C[C@H](C(=O)OCC(=O)Nc3cc(C)c(Br)cc3C)CC2=O)c1. The number of nitrogens with one attached hydrogen (secondary N) is 1. The van der Waals surface area contributed by atoms with Gasteiger partial charge in [-0.25, -0.2) is 0 Å². The normalized spacial score (nSPS) is 16.0. The minimum absolute atomic E-state index is 0.0822. The number of carbonyl (C=O) groups excluding carboxylic acids is 3. The molecule has 1 fully saturated rings. The fourth-order valence-corrected chi connectivity index (χ4v) is 3.92. The highest BCUT2D eigenvalue weighted by Gasteiger charge is 2.36. The second-order valence-corrected chi connectivity index (χ2v) is 8.62. The Kier molecular flexibility index (Phi) is 6.61. The van der Waals surface area contributed by atoms with Gasteiger partial charge in [0, 0.05) is 28.8 Å². The van der Waals surface area contributed by atoms with Crippen LogP contribution in [-0.2, 0) is 19.1 Å². The van der Waals surface area contributed by atoms with E-state index in [0.29, 0.717) is 5.69 Å². The summed E-state index contributed by atoms with van der Waals surface area (Å²) < 4.78 is 6.16. The molecular weight excluding hydrogens is 448 g/mol. The summed E-state index contributed by atoms with van der Waals surface area (Å²) >= 11 is 3.46. The third-order valence-electron chi connectivity index (χ3n) is 5.24. The van der Waals surface area contributed by atoms with Crippen molar-refractivity contribution in [3.8, 4) is 0 Å². The van der Waals surface area contributed by atoms with Gasteiger partial charge in [0.2, 0.25) is 5.91 Å². The van der Waals surface area contributed by atoms with Gasteiger partial charge in [-0.3, -0.25) is 14.4 Å². The van der Waals surface area contributed by atoms with Crippen molar-refractivity contribution in [3.63, 3.8) is 0 Å². The Labute approximate surface area is 184 Å². The summed E-state index contributed by atoms with van der Waals surface area (Å²) in [4.78, 5) is 38.8. The number of ether oxygens (including phenoxy) is 1. The average molecular weight is 473 g/mol. The zero-order valence-corrected chi connectivity index (χ0v) is 19.1. The van der Waals surface area contributed by atoms with E-state index < -0.39 is 17.8 Å². The molecule has 1 aliphatic rings. The number of amides is 2. The largest absolute Gasteiger partial charge is 0.455 e. The van der Waals surface area contributed by atoms with Gasteiger partial charge in [0.1, 0.15) is 0 Å². The molecule has 1 N–H and O–H groups in total. The predicted molar refractivity (Wildman–Crippen MR) is 120 cm³/mol. The summed E-state index contributed by atoms with van der Waals surface area (Å²) in [5.74, 6) is -1.64. The van der Waals surface area contributed by atoms with Crippen LogP contribution in [0.5, 0.6) is 0 Å². The standard InChI is InChI=1S/C23H25BrN2O4/c1-13-5-6-14(2)20(7-13)26-11-17(10-22(26)28)23(29)30-12-21(27)25-19-9-15(3)18(24)8-16(19)4/h5-9,17H,10-12H2,1-4H3,(H,25,27)/t17-/m1/s1. The molecule has 30 heavy (non-hydrogen) atoms. The van der Waals surface area contributed by atoms with Crippen LogP contribution in [-0.4, -0.2) is 30.9 Å². The molecular formula is C23H25BrN2O4. The topological polar surface area (TPSA) is 75.7 Å². The van der Waals surface area contributed by atoms with Crippen LogP contribution >= 0.6 is 15.9 Å². The lowest BCUT2D eigenvalue weighted by Gasteiger charge is -2.19. The van der Waals surface area contributed by atoms with Gasteiger partial charge in [0.05, 0.1) is 5.92 Å². The van der Waals surface area contributed by atoms with Gasteiger partial charge in [-0.15, -0.1) is 0 Å². The molecule has 3 rings (SSSR count). The molecule has 2 aromatic rings. The highest BCUT2D eigenvalue weighted by Crippen LogP contribution is 2.29.